The Balaban J connectivity index is 3.31. The van der Waals surface area contributed by atoms with Crippen LogP contribution in [0.1, 0.15) is 12.5 Å². The lowest BCUT2D eigenvalue weighted by molar-refractivity contribution is 0.207. The molecule has 78 valence electrons. The molecule has 14 heavy (non-hydrogen) atoms. The quantitative estimate of drug-likeness (QED) is 0.368. The number of hydrogen-bond acceptors (Lipinski definition) is 4. The van der Waals surface area contributed by atoms with Crippen LogP contribution in [0, 0.1) is 3.57 Å². The Hall–Kier alpha value is -0.530. The van der Waals surface area contributed by atoms with Gasteiger partial charge >= 0.3 is 0 Å². The number of aliphatic hydroxyl groups is 1. The summed E-state index contributed by atoms with van der Waals surface area (Å²) in [6, 6.07) is 3.43. The summed E-state index contributed by atoms with van der Waals surface area (Å²) in [4.78, 5) is 0. The molecule has 0 aliphatic rings. The van der Waals surface area contributed by atoms with Crippen LogP contribution in [0.5, 0.6) is 5.75 Å². The van der Waals surface area contributed by atoms with E-state index in [0.29, 0.717) is 11.3 Å². The van der Waals surface area contributed by atoms with Gasteiger partial charge in [0.1, 0.15) is 5.75 Å². The lowest BCUT2D eigenvalue weighted by Crippen LogP contribution is -2.37. The van der Waals surface area contributed by atoms with E-state index >= 15 is 0 Å². The van der Waals surface area contributed by atoms with Gasteiger partial charge in [0.05, 0.1) is 17.8 Å². The first kappa shape index (κ1) is 11.5. The van der Waals surface area contributed by atoms with Crippen molar-refractivity contribution in [2.45, 2.75) is 12.5 Å². The van der Waals surface area contributed by atoms with Crippen molar-refractivity contribution in [2.75, 3.05) is 12.3 Å². The molecule has 0 aliphatic heterocycles. The molecule has 1 atom stereocenters. The predicted molar refractivity (Wildman–Crippen MR) is 63.9 cm³/mol. The van der Waals surface area contributed by atoms with Gasteiger partial charge in [-0.1, -0.05) is 6.07 Å². The summed E-state index contributed by atoms with van der Waals surface area (Å²) in [6.07, 6.45) is 0. The molecule has 0 bridgehead atoms. The zero-order valence-corrected chi connectivity index (χ0v) is 9.95. The second kappa shape index (κ2) is 3.92. The second-order valence-corrected chi connectivity index (χ2v) is 4.59. The highest BCUT2D eigenvalue weighted by atomic mass is 127. The Morgan fingerprint density at radius 1 is 1.50 bits per heavy atom. The molecule has 0 saturated carbocycles. The van der Waals surface area contributed by atoms with Gasteiger partial charge in [0.2, 0.25) is 0 Å². The smallest absolute Gasteiger partial charge is 0.144 e. The minimum Gasteiger partial charge on any atom is -0.505 e. The third-order valence-electron chi connectivity index (χ3n) is 2.11. The molecule has 1 rings (SSSR count). The molecule has 0 aromatic heterocycles. The van der Waals surface area contributed by atoms with E-state index in [2.05, 4.69) is 0 Å². The molecule has 0 amide bonds. The molecular formula is C9H13IN2O2. The van der Waals surface area contributed by atoms with Gasteiger partial charge in [-0.25, -0.2) is 0 Å². The predicted octanol–water partition coefficient (Wildman–Crippen LogP) is 0.745. The Kier molecular flexibility index (Phi) is 3.23. The first-order valence-electron chi connectivity index (χ1n) is 4.07. The topological polar surface area (TPSA) is 92.5 Å². The number of phenols is 1. The number of aromatic hydroxyl groups is 1. The van der Waals surface area contributed by atoms with E-state index in [9.17, 15) is 5.11 Å². The number of nitrogens with two attached hydrogens (primary N) is 2. The summed E-state index contributed by atoms with van der Waals surface area (Å²) in [6.45, 7) is 1.38. The van der Waals surface area contributed by atoms with Crippen molar-refractivity contribution in [1.29, 1.82) is 0 Å². The maximum Gasteiger partial charge on any atom is 0.144 e. The highest BCUT2D eigenvalue weighted by Crippen LogP contribution is 2.34. The minimum atomic E-state index is -0.970. The number of phenolic OH excluding ortho intramolecular Hbond substituents is 1. The van der Waals surface area contributed by atoms with Crippen LogP contribution in [0.4, 0.5) is 5.69 Å². The molecule has 0 aliphatic carbocycles. The van der Waals surface area contributed by atoms with E-state index in [1.165, 1.54) is 0 Å². The van der Waals surface area contributed by atoms with Gasteiger partial charge in [0.15, 0.2) is 0 Å². The summed E-state index contributed by atoms with van der Waals surface area (Å²) in [7, 11) is 0. The van der Waals surface area contributed by atoms with Gasteiger partial charge in [0.25, 0.3) is 0 Å². The molecule has 6 N–H and O–H groups in total. The van der Waals surface area contributed by atoms with E-state index in [0.717, 1.165) is 3.57 Å². The van der Waals surface area contributed by atoms with Crippen molar-refractivity contribution in [3.63, 3.8) is 0 Å². The molecule has 1 aromatic rings. The zero-order valence-electron chi connectivity index (χ0n) is 7.79. The van der Waals surface area contributed by atoms with Crippen molar-refractivity contribution < 1.29 is 10.2 Å². The van der Waals surface area contributed by atoms with E-state index in [1.807, 2.05) is 22.6 Å². The fourth-order valence-electron chi connectivity index (χ4n) is 1.13. The third-order valence-corrected chi connectivity index (χ3v) is 3.05. The van der Waals surface area contributed by atoms with Crippen molar-refractivity contribution in [3.05, 3.63) is 21.3 Å². The van der Waals surface area contributed by atoms with Crippen LogP contribution in [0.3, 0.4) is 0 Å². The Labute approximate surface area is 96.1 Å². The van der Waals surface area contributed by atoms with Crippen LogP contribution in [0.2, 0.25) is 0 Å². The number of hydrogen-bond donors (Lipinski definition) is 4. The van der Waals surface area contributed by atoms with Gasteiger partial charge in [-0.15, -0.1) is 0 Å². The number of benzene rings is 1. The first-order valence-corrected chi connectivity index (χ1v) is 5.15. The van der Waals surface area contributed by atoms with E-state index in [-0.39, 0.29) is 12.4 Å². The molecule has 0 fully saturated rings. The van der Waals surface area contributed by atoms with Crippen LogP contribution < -0.4 is 11.5 Å². The molecule has 0 heterocycles. The largest absolute Gasteiger partial charge is 0.505 e. The van der Waals surface area contributed by atoms with Crippen LogP contribution in [0.15, 0.2) is 12.1 Å². The van der Waals surface area contributed by atoms with Gasteiger partial charge < -0.3 is 21.7 Å². The number of aliphatic hydroxyl groups excluding tert-OH is 1. The van der Waals surface area contributed by atoms with Gasteiger partial charge in [-0.05, 0) is 35.6 Å². The number of rotatable bonds is 2. The summed E-state index contributed by atoms with van der Waals surface area (Å²) in [5, 5.41) is 18.8. The van der Waals surface area contributed by atoms with E-state index < -0.39 is 5.54 Å². The second-order valence-electron chi connectivity index (χ2n) is 3.43. The highest BCUT2D eigenvalue weighted by Gasteiger charge is 2.25. The van der Waals surface area contributed by atoms with Crippen LogP contribution in [-0.2, 0) is 5.54 Å². The molecular weight excluding hydrogens is 295 g/mol. The fraction of sp³-hybridized carbons (Fsp3) is 0.333. The zero-order chi connectivity index (χ0) is 10.9. The average molecular weight is 308 g/mol. The lowest BCUT2D eigenvalue weighted by atomic mass is 9.93. The Morgan fingerprint density at radius 2 is 2.07 bits per heavy atom. The maximum absolute atomic E-state index is 9.72. The normalized spacial score (nSPS) is 15.1. The number of halogens is 1. The summed E-state index contributed by atoms with van der Waals surface area (Å²) in [5.74, 6) is -0.0454. The maximum atomic E-state index is 9.72. The Bertz CT molecular complexity index is 353. The van der Waals surface area contributed by atoms with Crippen molar-refractivity contribution in [3.8, 4) is 5.75 Å². The van der Waals surface area contributed by atoms with Crippen molar-refractivity contribution >= 4 is 28.3 Å². The van der Waals surface area contributed by atoms with Crippen LogP contribution >= 0.6 is 22.6 Å². The SMILES string of the molecule is C[C@](N)(CO)c1ccc(I)c(N)c1O. The number of anilines is 1. The third kappa shape index (κ3) is 1.94. The van der Waals surface area contributed by atoms with Crippen LogP contribution in [0.25, 0.3) is 0 Å². The lowest BCUT2D eigenvalue weighted by Gasteiger charge is -2.24. The van der Waals surface area contributed by atoms with Crippen LogP contribution in [-0.4, -0.2) is 16.8 Å². The molecule has 4 nitrogen and oxygen atoms in total. The van der Waals surface area contributed by atoms with E-state index in [1.54, 1.807) is 19.1 Å². The molecule has 0 saturated heterocycles. The molecule has 1 aromatic carbocycles. The van der Waals surface area contributed by atoms with Gasteiger partial charge in [-0.3, -0.25) is 0 Å². The summed E-state index contributed by atoms with van der Waals surface area (Å²) in [5.41, 5.74) is 11.2. The Morgan fingerprint density at radius 3 is 2.57 bits per heavy atom. The first-order chi connectivity index (χ1) is 6.40. The highest BCUT2D eigenvalue weighted by molar-refractivity contribution is 14.1. The summed E-state index contributed by atoms with van der Waals surface area (Å²) >= 11 is 2.02. The minimum absolute atomic E-state index is 0.0454. The molecule has 5 heteroatoms. The van der Waals surface area contributed by atoms with Crippen molar-refractivity contribution in [1.82, 2.24) is 0 Å². The molecule has 0 spiro atoms. The van der Waals surface area contributed by atoms with Gasteiger partial charge in [0, 0.05) is 9.13 Å². The van der Waals surface area contributed by atoms with Crippen molar-refractivity contribution in [2.24, 2.45) is 5.73 Å². The molecule has 0 radical (unpaired) electrons. The standard InChI is InChI=1S/C9H13IN2O2/c1-9(12,4-13)5-2-3-6(10)7(11)8(5)14/h2-3,13-14H,4,11-12H2,1H3/t9-/m0/s1. The number of nitrogen functional groups attached to an aromatic ring is 1. The monoisotopic (exact) mass is 308 g/mol. The molecule has 0 unspecified atom stereocenters. The summed E-state index contributed by atoms with van der Waals surface area (Å²) < 4.78 is 0.762. The van der Waals surface area contributed by atoms with E-state index in [4.69, 9.17) is 16.6 Å². The fourth-order valence-corrected chi connectivity index (χ4v) is 1.56. The van der Waals surface area contributed by atoms with Gasteiger partial charge in [-0.2, -0.15) is 0 Å². The average Bonchev–Trinajstić information content (AvgIpc) is 2.14.